The maximum Gasteiger partial charge on any atom is 0.126 e. The van der Waals surface area contributed by atoms with Crippen LogP contribution >= 0.6 is 0 Å². The van der Waals surface area contributed by atoms with Crippen molar-refractivity contribution in [3.05, 3.63) is 35.1 Å². The normalized spacial score (nSPS) is 31.3. The van der Waals surface area contributed by atoms with Gasteiger partial charge in [-0.05, 0) is 35.4 Å². The summed E-state index contributed by atoms with van der Waals surface area (Å²) in [5.74, 6) is 0.801. The highest BCUT2D eigenvalue weighted by Gasteiger charge is 2.30. The molecular weight excluding hydrogens is 177 g/mol. The molecule has 1 aromatic carbocycles. The predicted octanol–water partition coefficient (Wildman–Crippen LogP) is 2.65. The molecule has 0 bridgehead atoms. The zero-order valence-electron chi connectivity index (χ0n) is 8.63. The van der Waals surface area contributed by atoms with Crippen LogP contribution in [0.1, 0.15) is 31.0 Å². The second kappa shape index (κ2) is 3.35. The molecule has 2 N–H and O–H groups in total. The van der Waals surface area contributed by atoms with Gasteiger partial charge < -0.3 is 5.73 Å². The van der Waals surface area contributed by atoms with Crippen molar-refractivity contribution in [3.63, 3.8) is 0 Å². The van der Waals surface area contributed by atoms with Gasteiger partial charge in [-0.25, -0.2) is 4.39 Å². The topological polar surface area (TPSA) is 26.0 Å². The maximum absolute atomic E-state index is 13.5. The Morgan fingerprint density at radius 1 is 1.36 bits per heavy atom. The van der Waals surface area contributed by atoms with E-state index >= 15 is 0 Å². The summed E-state index contributed by atoms with van der Waals surface area (Å²) in [5, 5.41) is 0. The van der Waals surface area contributed by atoms with Gasteiger partial charge in [-0.2, -0.15) is 0 Å². The fourth-order valence-corrected chi connectivity index (χ4v) is 2.25. The first-order chi connectivity index (χ1) is 6.61. The summed E-state index contributed by atoms with van der Waals surface area (Å²) in [6, 6.07) is 5.21. The highest BCUT2D eigenvalue weighted by atomic mass is 19.1. The Balaban J connectivity index is 2.50. The van der Waals surface area contributed by atoms with Crippen molar-refractivity contribution in [3.8, 4) is 0 Å². The molecule has 3 unspecified atom stereocenters. The van der Waals surface area contributed by atoms with E-state index < -0.39 is 0 Å². The largest absolute Gasteiger partial charge is 0.324 e. The summed E-state index contributed by atoms with van der Waals surface area (Å²) in [4.78, 5) is 0. The Labute approximate surface area is 84.1 Å². The van der Waals surface area contributed by atoms with Crippen LogP contribution in [-0.4, -0.2) is 0 Å². The Hall–Kier alpha value is -0.890. The van der Waals surface area contributed by atoms with Gasteiger partial charge in [0, 0.05) is 6.04 Å². The number of benzene rings is 1. The summed E-state index contributed by atoms with van der Waals surface area (Å²) in [6.45, 7) is 4.28. The summed E-state index contributed by atoms with van der Waals surface area (Å²) >= 11 is 0. The van der Waals surface area contributed by atoms with Crippen LogP contribution in [0.2, 0.25) is 0 Å². The summed E-state index contributed by atoms with van der Waals surface area (Å²) in [6.07, 6.45) is 0.816. The first-order valence-corrected chi connectivity index (χ1v) is 5.14. The molecule has 1 aliphatic carbocycles. The number of rotatable bonds is 0. The average molecular weight is 193 g/mol. The van der Waals surface area contributed by atoms with Crippen molar-refractivity contribution in [2.75, 3.05) is 0 Å². The Kier molecular flexibility index (Phi) is 2.31. The molecule has 0 aromatic heterocycles. The summed E-state index contributed by atoms with van der Waals surface area (Å²) in [7, 11) is 0. The molecule has 0 fully saturated rings. The SMILES string of the molecule is CC1Cc2c(F)cccc2C(N)C1C. The molecule has 0 saturated heterocycles. The van der Waals surface area contributed by atoms with E-state index in [1.807, 2.05) is 6.07 Å². The van der Waals surface area contributed by atoms with Gasteiger partial charge in [0.15, 0.2) is 0 Å². The minimum Gasteiger partial charge on any atom is -0.324 e. The third-order valence-corrected chi connectivity index (χ3v) is 3.50. The Morgan fingerprint density at radius 2 is 2.07 bits per heavy atom. The van der Waals surface area contributed by atoms with Crippen LogP contribution in [0, 0.1) is 17.7 Å². The van der Waals surface area contributed by atoms with E-state index in [1.165, 1.54) is 6.07 Å². The molecule has 2 heteroatoms. The molecule has 0 radical (unpaired) electrons. The molecule has 0 saturated carbocycles. The molecule has 14 heavy (non-hydrogen) atoms. The molecule has 1 nitrogen and oxygen atoms in total. The predicted molar refractivity (Wildman–Crippen MR) is 55.4 cm³/mol. The quantitative estimate of drug-likeness (QED) is 0.673. The fraction of sp³-hybridized carbons (Fsp3) is 0.500. The fourth-order valence-electron chi connectivity index (χ4n) is 2.25. The molecule has 0 amide bonds. The first-order valence-electron chi connectivity index (χ1n) is 5.14. The second-order valence-corrected chi connectivity index (χ2v) is 4.37. The van der Waals surface area contributed by atoms with Gasteiger partial charge in [0.05, 0.1) is 0 Å². The molecule has 3 atom stereocenters. The summed E-state index contributed by atoms with van der Waals surface area (Å²) < 4.78 is 13.5. The van der Waals surface area contributed by atoms with Gasteiger partial charge in [-0.15, -0.1) is 0 Å². The van der Waals surface area contributed by atoms with Gasteiger partial charge in [0.2, 0.25) is 0 Å². The average Bonchev–Trinajstić information content (AvgIpc) is 2.17. The third kappa shape index (κ3) is 1.34. The summed E-state index contributed by atoms with van der Waals surface area (Å²) in [5.41, 5.74) is 7.90. The van der Waals surface area contributed by atoms with Crippen molar-refractivity contribution < 1.29 is 4.39 Å². The van der Waals surface area contributed by atoms with Crippen LogP contribution in [0.5, 0.6) is 0 Å². The molecule has 1 aliphatic rings. The van der Waals surface area contributed by atoms with Crippen molar-refractivity contribution in [2.45, 2.75) is 26.3 Å². The number of hydrogen-bond donors (Lipinski definition) is 1. The van der Waals surface area contributed by atoms with Crippen molar-refractivity contribution in [2.24, 2.45) is 17.6 Å². The minimum atomic E-state index is -0.100. The lowest BCUT2D eigenvalue weighted by Gasteiger charge is -2.33. The molecular formula is C12H16FN. The van der Waals surface area contributed by atoms with Gasteiger partial charge >= 0.3 is 0 Å². The third-order valence-electron chi connectivity index (χ3n) is 3.50. The molecule has 0 aliphatic heterocycles. The molecule has 0 heterocycles. The Morgan fingerprint density at radius 3 is 2.79 bits per heavy atom. The van der Waals surface area contributed by atoms with E-state index in [4.69, 9.17) is 5.73 Å². The number of fused-ring (bicyclic) bond motifs is 1. The van der Waals surface area contributed by atoms with Crippen LogP contribution < -0.4 is 5.73 Å². The highest BCUT2D eigenvalue weighted by molar-refractivity contribution is 5.34. The van der Waals surface area contributed by atoms with E-state index in [-0.39, 0.29) is 11.9 Å². The van der Waals surface area contributed by atoms with Gasteiger partial charge in [0.1, 0.15) is 5.82 Å². The second-order valence-electron chi connectivity index (χ2n) is 4.37. The molecule has 2 rings (SSSR count). The minimum absolute atomic E-state index is 0.00977. The molecule has 76 valence electrons. The van der Waals surface area contributed by atoms with E-state index in [0.717, 1.165) is 17.5 Å². The first kappa shape index (κ1) is 9.66. The van der Waals surface area contributed by atoms with Crippen molar-refractivity contribution in [1.29, 1.82) is 0 Å². The van der Waals surface area contributed by atoms with Crippen molar-refractivity contribution >= 4 is 0 Å². The number of hydrogen-bond acceptors (Lipinski definition) is 1. The van der Waals surface area contributed by atoms with Crippen molar-refractivity contribution in [1.82, 2.24) is 0 Å². The van der Waals surface area contributed by atoms with E-state index in [0.29, 0.717) is 11.8 Å². The van der Waals surface area contributed by atoms with E-state index in [2.05, 4.69) is 13.8 Å². The van der Waals surface area contributed by atoms with Crippen LogP contribution in [0.15, 0.2) is 18.2 Å². The van der Waals surface area contributed by atoms with Crippen LogP contribution in [-0.2, 0) is 6.42 Å². The monoisotopic (exact) mass is 193 g/mol. The van der Waals surface area contributed by atoms with Crippen LogP contribution in [0.25, 0.3) is 0 Å². The lowest BCUT2D eigenvalue weighted by atomic mass is 9.74. The van der Waals surface area contributed by atoms with Gasteiger partial charge in [-0.3, -0.25) is 0 Å². The smallest absolute Gasteiger partial charge is 0.126 e. The van der Waals surface area contributed by atoms with Crippen LogP contribution in [0.4, 0.5) is 4.39 Å². The Bertz CT molecular complexity index is 348. The van der Waals surface area contributed by atoms with E-state index in [1.54, 1.807) is 6.07 Å². The standard InChI is InChI=1S/C12H16FN/c1-7-6-10-9(12(14)8(7)2)4-3-5-11(10)13/h3-5,7-8,12H,6,14H2,1-2H3. The lowest BCUT2D eigenvalue weighted by Crippen LogP contribution is -2.31. The number of halogens is 1. The zero-order valence-corrected chi connectivity index (χ0v) is 8.63. The van der Waals surface area contributed by atoms with Gasteiger partial charge in [0.25, 0.3) is 0 Å². The molecule has 1 aromatic rings. The van der Waals surface area contributed by atoms with Crippen LogP contribution in [0.3, 0.4) is 0 Å². The zero-order chi connectivity index (χ0) is 10.3. The van der Waals surface area contributed by atoms with E-state index in [9.17, 15) is 4.39 Å². The highest BCUT2D eigenvalue weighted by Crippen LogP contribution is 2.36. The molecule has 0 spiro atoms. The lowest BCUT2D eigenvalue weighted by molar-refractivity contribution is 0.298. The number of nitrogens with two attached hydrogens (primary N) is 1. The van der Waals surface area contributed by atoms with Gasteiger partial charge in [-0.1, -0.05) is 26.0 Å². The maximum atomic E-state index is 13.5.